The van der Waals surface area contributed by atoms with Crippen LogP contribution in [0.4, 0.5) is 5.82 Å². The molecule has 3 aromatic heterocycles. The third-order valence-corrected chi connectivity index (χ3v) is 6.39. The molecular formula is C27H23N7. The van der Waals surface area contributed by atoms with Crippen molar-refractivity contribution in [2.45, 2.75) is 12.3 Å². The number of aromatic nitrogens is 6. The van der Waals surface area contributed by atoms with Gasteiger partial charge in [0, 0.05) is 19.4 Å². The Morgan fingerprint density at radius 1 is 0.853 bits per heavy atom. The van der Waals surface area contributed by atoms with E-state index in [4.69, 9.17) is 10.7 Å². The number of nitrogens with zero attached hydrogens (tertiary/aromatic N) is 5. The van der Waals surface area contributed by atoms with Gasteiger partial charge in [-0.25, -0.2) is 9.97 Å². The summed E-state index contributed by atoms with van der Waals surface area (Å²) in [7, 11) is 2.07. The summed E-state index contributed by atoms with van der Waals surface area (Å²) in [5, 5.41) is 11.2. The van der Waals surface area contributed by atoms with Crippen molar-refractivity contribution in [3.05, 3.63) is 102 Å². The number of hydrogen-bond acceptors (Lipinski definition) is 5. The Bertz CT molecular complexity index is 1600. The number of nitrogen functional groups attached to an aromatic ring is 1. The second-order valence-electron chi connectivity index (χ2n) is 8.46. The Labute approximate surface area is 196 Å². The van der Waals surface area contributed by atoms with Gasteiger partial charge in [-0.3, -0.25) is 0 Å². The lowest BCUT2D eigenvalue weighted by molar-refractivity contribution is 0.720. The molecule has 0 saturated heterocycles. The van der Waals surface area contributed by atoms with Crippen molar-refractivity contribution in [3.63, 3.8) is 0 Å². The Morgan fingerprint density at radius 2 is 1.62 bits per heavy atom. The molecule has 6 rings (SSSR count). The molecule has 166 valence electrons. The maximum atomic E-state index is 6.14. The van der Waals surface area contributed by atoms with Gasteiger partial charge in [0.2, 0.25) is 5.65 Å². The first kappa shape index (κ1) is 20.1. The average Bonchev–Trinajstić information content (AvgIpc) is 3.47. The van der Waals surface area contributed by atoms with E-state index in [2.05, 4.69) is 86.6 Å². The van der Waals surface area contributed by atoms with E-state index in [-0.39, 0.29) is 5.92 Å². The van der Waals surface area contributed by atoms with Crippen LogP contribution < -0.4 is 5.73 Å². The van der Waals surface area contributed by atoms with E-state index in [9.17, 15) is 0 Å². The van der Waals surface area contributed by atoms with Gasteiger partial charge in [0.1, 0.15) is 17.2 Å². The van der Waals surface area contributed by atoms with Crippen LogP contribution in [0, 0.1) is 0 Å². The molecule has 3 N–H and O–H groups in total. The van der Waals surface area contributed by atoms with Crippen LogP contribution in [-0.4, -0.2) is 29.9 Å². The minimum Gasteiger partial charge on any atom is -0.384 e. The van der Waals surface area contributed by atoms with Crippen molar-refractivity contribution in [2.75, 3.05) is 5.73 Å². The van der Waals surface area contributed by atoms with Crippen molar-refractivity contribution in [2.24, 2.45) is 7.05 Å². The summed E-state index contributed by atoms with van der Waals surface area (Å²) < 4.78 is 2.17. The SMILES string of the molecule is Cn1c(CC(c2ccccc2)c2cc(N)nc3n[nH]nc23)nc2cc(-c3ccccc3)ccc21. The molecule has 0 fully saturated rings. The third kappa shape index (κ3) is 3.47. The number of fused-ring (bicyclic) bond motifs is 2. The standard InChI is InChI=1S/C27H23N7/c1-34-23-13-12-19(17-8-4-2-5-9-17)14-22(23)29-25(34)16-20(18-10-6-3-7-11-18)21-15-24(28)30-27-26(21)31-33-32-27/h2-15,20H,16H2,1H3,(H3,28,30,31,32,33). The number of imidazole rings is 1. The van der Waals surface area contributed by atoms with Crippen molar-refractivity contribution < 1.29 is 0 Å². The van der Waals surface area contributed by atoms with Gasteiger partial charge in [0.25, 0.3) is 0 Å². The number of benzene rings is 3. The minimum atomic E-state index is -0.0109. The number of aryl methyl sites for hydroxylation is 1. The number of pyridine rings is 1. The molecule has 1 atom stereocenters. The minimum absolute atomic E-state index is 0.0109. The molecule has 0 aliphatic carbocycles. The van der Waals surface area contributed by atoms with Crippen LogP contribution in [-0.2, 0) is 13.5 Å². The van der Waals surface area contributed by atoms with E-state index >= 15 is 0 Å². The van der Waals surface area contributed by atoms with E-state index in [0.29, 0.717) is 17.9 Å². The van der Waals surface area contributed by atoms with Crippen LogP contribution in [0.5, 0.6) is 0 Å². The molecule has 6 aromatic rings. The zero-order chi connectivity index (χ0) is 23.1. The highest BCUT2D eigenvalue weighted by atomic mass is 15.3. The van der Waals surface area contributed by atoms with E-state index in [1.54, 1.807) is 0 Å². The lowest BCUT2D eigenvalue weighted by Crippen LogP contribution is -2.11. The molecule has 3 aromatic carbocycles. The third-order valence-electron chi connectivity index (χ3n) is 6.39. The number of nitrogens with two attached hydrogens (primary N) is 1. The number of H-pyrrole nitrogens is 1. The van der Waals surface area contributed by atoms with Gasteiger partial charge in [-0.15, -0.1) is 5.10 Å². The first-order valence-electron chi connectivity index (χ1n) is 11.2. The summed E-state index contributed by atoms with van der Waals surface area (Å²) in [4.78, 5) is 9.37. The van der Waals surface area contributed by atoms with Crippen LogP contribution >= 0.6 is 0 Å². The summed E-state index contributed by atoms with van der Waals surface area (Å²) in [6, 6.07) is 29.1. The normalized spacial score (nSPS) is 12.4. The Morgan fingerprint density at radius 3 is 2.41 bits per heavy atom. The molecule has 7 nitrogen and oxygen atoms in total. The summed E-state index contributed by atoms with van der Waals surface area (Å²) in [6.07, 6.45) is 0.682. The fourth-order valence-electron chi connectivity index (χ4n) is 4.66. The van der Waals surface area contributed by atoms with Crippen LogP contribution in [0.25, 0.3) is 33.3 Å². The Balaban J connectivity index is 1.47. The summed E-state index contributed by atoms with van der Waals surface area (Å²) in [5.41, 5.74) is 14.0. The van der Waals surface area contributed by atoms with Crippen molar-refractivity contribution in [1.29, 1.82) is 0 Å². The van der Waals surface area contributed by atoms with E-state index in [1.807, 2.05) is 30.3 Å². The molecule has 0 radical (unpaired) electrons. The number of hydrogen-bond donors (Lipinski definition) is 2. The first-order chi connectivity index (χ1) is 16.7. The Kier molecular flexibility index (Phi) is 4.80. The highest BCUT2D eigenvalue weighted by Gasteiger charge is 2.23. The van der Waals surface area contributed by atoms with Crippen LogP contribution in [0.3, 0.4) is 0 Å². The van der Waals surface area contributed by atoms with Crippen molar-refractivity contribution >= 4 is 28.0 Å². The fraction of sp³-hybridized carbons (Fsp3) is 0.111. The molecular weight excluding hydrogens is 422 g/mol. The quantitative estimate of drug-likeness (QED) is 0.395. The summed E-state index contributed by atoms with van der Waals surface area (Å²) >= 11 is 0. The molecule has 0 aliphatic heterocycles. The van der Waals surface area contributed by atoms with Gasteiger partial charge in [0.15, 0.2) is 0 Å². The van der Waals surface area contributed by atoms with Crippen molar-refractivity contribution in [1.82, 2.24) is 29.9 Å². The van der Waals surface area contributed by atoms with E-state index in [1.165, 1.54) is 5.56 Å². The van der Waals surface area contributed by atoms with E-state index < -0.39 is 0 Å². The fourth-order valence-corrected chi connectivity index (χ4v) is 4.66. The first-order valence-corrected chi connectivity index (χ1v) is 11.2. The van der Waals surface area contributed by atoms with Crippen molar-refractivity contribution in [3.8, 4) is 11.1 Å². The van der Waals surface area contributed by atoms with E-state index in [0.717, 1.165) is 39.1 Å². The predicted molar refractivity (Wildman–Crippen MR) is 134 cm³/mol. The zero-order valence-corrected chi connectivity index (χ0v) is 18.7. The lowest BCUT2D eigenvalue weighted by atomic mass is 9.88. The maximum Gasteiger partial charge on any atom is 0.203 e. The predicted octanol–water partition coefficient (Wildman–Crippen LogP) is 4.86. The lowest BCUT2D eigenvalue weighted by Gasteiger charge is -2.18. The maximum absolute atomic E-state index is 6.14. The van der Waals surface area contributed by atoms with Crippen LogP contribution in [0.1, 0.15) is 22.9 Å². The van der Waals surface area contributed by atoms with Gasteiger partial charge >= 0.3 is 0 Å². The van der Waals surface area contributed by atoms with Crippen LogP contribution in [0.2, 0.25) is 0 Å². The molecule has 3 heterocycles. The smallest absolute Gasteiger partial charge is 0.203 e. The molecule has 0 spiro atoms. The summed E-state index contributed by atoms with van der Waals surface area (Å²) in [5.74, 6) is 1.40. The second kappa shape index (κ2) is 8.12. The number of nitrogens with one attached hydrogen (secondary N) is 1. The zero-order valence-electron chi connectivity index (χ0n) is 18.7. The van der Waals surface area contributed by atoms with Gasteiger partial charge in [-0.2, -0.15) is 10.3 Å². The molecule has 0 aliphatic rings. The number of rotatable bonds is 5. The number of anilines is 1. The largest absolute Gasteiger partial charge is 0.384 e. The molecule has 0 bridgehead atoms. The monoisotopic (exact) mass is 445 g/mol. The highest BCUT2D eigenvalue weighted by molar-refractivity contribution is 5.83. The summed E-state index contributed by atoms with van der Waals surface area (Å²) in [6.45, 7) is 0. The van der Waals surface area contributed by atoms with Gasteiger partial charge in [0.05, 0.1) is 11.0 Å². The van der Waals surface area contributed by atoms with Crippen LogP contribution in [0.15, 0.2) is 84.9 Å². The topological polar surface area (TPSA) is 98.3 Å². The average molecular weight is 446 g/mol. The molecule has 0 amide bonds. The highest BCUT2D eigenvalue weighted by Crippen LogP contribution is 2.34. The second-order valence-corrected chi connectivity index (χ2v) is 8.46. The van der Waals surface area contributed by atoms with Gasteiger partial charge in [-0.05, 0) is 40.5 Å². The Hall–Kier alpha value is -4.52. The van der Waals surface area contributed by atoms with Gasteiger partial charge in [-0.1, -0.05) is 66.7 Å². The molecule has 7 heteroatoms. The molecule has 0 saturated carbocycles. The van der Waals surface area contributed by atoms with Gasteiger partial charge < -0.3 is 10.3 Å². The molecule has 34 heavy (non-hydrogen) atoms. The number of aromatic amines is 1. The molecule has 1 unspecified atom stereocenters.